The van der Waals surface area contributed by atoms with E-state index in [1.54, 1.807) is 34.3 Å². The highest BCUT2D eigenvalue weighted by atomic mass is 16.2. The van der Waals surface area contributed by atoms with E-state index in [2.05, 4.69) is 11.9 Å². The third-order valence-electron chi connectivity index (χ3n) is 4.97. The molecule has 1 aromatic rings. The maximum absolute atomic E-state index is 12.7. The van der Waals surface area contributed by atoms with Crippen molar-refractivity contribution in [3.8, 4) is 0 Å². The molecule has 0 N–H and O–H groups in total. The Bertz CT molecular complexity index is 648. The fraction of sp³-hybridized carbons (Fsp3) is 0.556. The van der Waals surface area contributed by atoms with E-state index < -0.39 is 5.54 Å². The third-order valence-corrected chi connectivity index (χ3v) is 4.97. The van der Waals surface area contributed by atoms with Gasteiger partial charge in [-0.25, -0.2) is 0 Å². The van der Waals surface area contributed by atoms with Crippen LogP contribution in [0.4, 0.5) is 0 Å². The number of carbonyl (C=O) groups is 2. The molecule has 3 heterocycles. The minimum absolute atomic E-state index is 0.0214. The zero-order chi connectivity index (χ0) is 17.2. The third kappa shape index (κ3) is 2.92. The van der Waals surface area contributed by atoms with Crippen molar-refractivity contribution in [3.05, 3.63) is 30.1 Å². The Balaban J connectivity index is 1.69. The number of rotatable bonds is 4. The molecule has 2 aliphatic rings. The summed E-state index contributed by atoms with van der Waals surface area (Å²) in [5.74, 6) is 0.961. The Hall–Kier alpha value is -2.24. The van der Waals surface area contributed by atoms with Crippen molar-refractivity contribution in [2.24, 2.45) is 4.99 Å². The van der Waals surface area contributed by atoms with Crippen molar-refractivity contribution in [2.75, 3.05) is 20.1 Å². The van der Waals surface area contributed by atoms with Gasteiger partial charge in [-0.15, -0.1) is 0 Å². The van der Waals surface area contributed by atoms with Crippen molar-refractivity contribution in [3.63, 3.8) is 0 Å². The number of aliphatic imine (C=N–C) groups is 1. The fourth-order valence-electron chi connectivity index (χ4n) is 3.43. The molecule has 0 unspecified atom stereocenters. The van der Waals surface area contributed by atoms with Gasteiger partial charge in [-0.3, -0.25) is 19.6 Å². The summed E-state index contributed by atoms with van der Waals surface area (Å²) in [7, 11) is 1.82. The summed E-state index contributed by atoms with van der Waals surface area (Å²) in [6.07, 6.45) is 7.40. The Morgan fingerprint density at radius 2 is 2.08 bits per heavy atom. The quantitative estimate of drug-likeness (QED) is 0.850. The Morgan fingerprint density at radius 1 is 1.33 bits per heavy atom. The van der Waals surface area contributed by atoms with E-state index >= 15 is 0 Å². The number of hydrogen-bond acceptors (Lipinski definition) is 4. The maximum atomic E-state index is 12.7. The number of likely N-dealkylation sites (N-methyl/N-ethyl adjacent to an activating group) is 1. The Labute approximate surface area is 142 Å². The lowest BCUT2D eigenvalue weighted by atomic mass is 9.87. The molecule has 0 saturated carbocycles. The average Bonchev–Trinajstić information content (AvgIpc) is 2.86. The number of pyridine rings is 1. The van der Waals surface area contributed by atoms with Crippen LogP contribution in [0.15, 0.2) is 29.5 Å². The van der Waals surface area contributed by atoms with Crippen molar-refractivity contribution in [1.29, 1.82) is 0 Å². The summed E-state index contributed by atoms with van der Waals surface area (Å²) >= 11 is 0. The van der Waals surface area contributed by atoms with E-state index in [1.807, 2.05) is 7.05 Å². The molecule has 1 aromatic heterocycles. The normalized spacial score (nSPS) is 19.8. The van der Waals surface area contributed by atoms with Crippen LogP contribution >= 0.6 is 0 Å². The van der Waals surface area contributed by atoms with Crippen LogP contribution in [0.3, 0.4) is 0 Å². The van der Waals surface area contributed by atoms with Crippen LogP contribution in [-0.4, -0.2) is 58.1 Å². The van der Waals surface area contributed by atoms with Crippen molar-refractivity contribution in [2.45, 2.75) is 44.6 Å². The second kappa shape index (κ2) is 6.71. The molecule has 1 saturated heterocycles. The molecule has 128 valence electrons. The highest BCUT2D eigenvalue weighted by Crippen LogP contribution is 2.34. The molecule has 0 aromatic carbocycles. The topological polar surface area (TPSA) is 65.9 Å². The summed E-state index contributed by atoms with van der Waals surface area (Å²) in [4.78, 5) is 37.5. The van der Waals surface area contributed by atoms with Crippen LogP contribution in [0.2, 0.25) is 0 Å². The summed E-state index contributed by atoms with van der Waals surface area (Å²) < 4.78 is 0. The lowest BCUT2D eigenvalue weighted by Crippen LogP contribution is -2.50. The zero-order valence-electron chi connectivity index (χ0n) is 14.4. The van der Waals surface area contributed by atoms with E-state index in [1.165, 1.54) is 0 Å². The number of piperidine rings is 1. The number of hydrogen-bond donors (Lipinski definition) is 0. The minimum atomic E-state index is -0.649. The van der Waals surface area contributed by atoms with Gasteiger partial charge in [0, 0.05) is 39.0 Å². The highest BCUT2D eigenvalue weighted by molar-refractivity contribution is 6.08. The standard InChI is InChI=1S/C18H24N4O2/c1-3-4-7-15-20-18(17(24)21(15)2)8-11-22(12-9-18)16(23)14-6-5-10-19-13-14/h5-6,10,13H,3-4,7-9,11-12H2,1-2H3. The second-order valence-corrected chi connectivity index (χ2v) is 6.56. The largest absolute Gasteiger partial charge is 0.338 e. The van der Waals surface area contributed by atoms with Gasteiger partial charge in [0.25, 0.3) is 11.8 Å². The molecule has 2 aliphatic heterocycles. The molecule has 6 nitrogen and oxygen atoms in total. The summed E-state index contributed by atoms with van der Waals surface area (Å²) in [6.45, 7) is 3.24. The molecule has 0 atom stereocenters. The monoisotopic (exact) mass is 328 g/mol. The van der Waals surface area contributed by atoms with Gasteiger partial charge in [-0.2, -0.15) is 0 Å². The summed E-state index contributed by atoms with van der Waals surface area (Å²) in [5, 5.41) is 0. The van der Waals surface area contributed by atoms with E-state index in [4.69, 9.17) is 4.99 Å². The van der Waals surface area contributed by atoms with E-state index in [0.717, 1.165) is 25.1 Å². The molecular formula is C18H24N4O2. The number of unbranched alkanes of at least 4 members (excludes halogenated alkanes) is 1. The van der Waals surface area contributed by atoms with Gasteiger partial charge in [-0.1, -0.05) is 13.3 Å². The number of amidine groups is 1. The average molecular weight is 328 g/mol. The van der Waals surface area contributed by atoms with Crippen LogP contribution in [-0.2, 0) is 4.79 Å². The first-order valence-corrected chi connectivity index (χ1v) is 8.63. The molecule has 0 aliphatic carbocycles. The lowest BCUT2D eigenvalue weighted by Gasteiger charge is -2.36. The van der Waals surface area contributed by atoms with Gasteiger partial charge in [-0.05, 0) is 31.4 Å². The predicted octanol–water partition coefficient (Wildman–Crippen LogP) is 2.12. The summed E-state index contributed by atoms with van der Waals surface area (Å²) in [5.41, 5.74) is -0.0563. The van der Waals surface area contributed by atoms with Gasteiger partial charge < -0.3 is 9.80 Å². The first-order valence-electron chi connectivity index (χ1n) is 8.63. The Morgan fingerprint density at radius 3 is 2.71 bits per heavy atom. The van der Waals surface area contributed by atoms with Crippen LogP contribution in [0.5, 0.6) is 0 Å². The second-order valence-electron chi connectivity index (χ2n) is 6.56. The number of carbonyl (C=O) groups excluding carboxylic acids is 2. The molecule has 2 amide bonds. The molecule has 1 fully saturated rings. The lowest BCUT2D eigenvalue weighted by molar-refractivity contribution is -0.131. The molecule has 24 heavy (non-hydrogen) atoms. The van der Waals surface area contributed by atoms with E-state index in [0.29, 0.717) is 31.5 Å². The first-order chi connectivity index (χ1) is 11.6. The Kier molecular flexibility index (Phi) is 4.64. The van der Waals surface area contributed by atoms with Crippen molar-refractivity contribution >= 4 is 17.6 Å². The molecule has 1 spiro atoms. The van der Waals surface area contributed by atoms with Crippen molar-refractivity contribution < 1.29 is 9.59 Å². The maximum Gasteiger partial charge on any atom is 0.255 e. The number of nitrogens with zero attached hydrogens (tertiary/aromatic N) is 4. The van der Waals surface area contributed by atoms with Gasteiger partial charge in [0.15, 0.2) is 0 Å². The van der Waals surface area contributed by atoms with Gasteiger partial charge in [0.1, 0.15) is 11.4 Å². The number of amides is 2. The molecule has 6 heteroatoms. The summed E-state index contributed by atoms with van der Waals surface area (Å²) in [6, 6.07) is 3.54. The van der Waals surface area contributed by atoms with E-state index in [-0.39, 0.29) is 11.8 Å². The number of aromatic nitrogens is 1. The minimum Gasteiger partial charge on any atom is -0.338 e. The van der Waals surface area contributed by atoms with Crippen LogP contribution in [0.25, 0.3) is 0 Å². The smallest absolute Gasteiger partial charge is 0.255 e. The molecular weight excluding hydrogens is 304 g/mol. The SMILES string of the molecule is CCCCC1=NC2(CCN(C(=O)c3cccnc3)CC2)C(=O)N1C. The first kappa shape index (κ1) is 16.6. The predicted molar refractivity (Wildman–Crippen MR) is 91.8 cm³/mol. The number of likely N-dealkylation sites (tertiary alicyclic amines) is 1. The molecule has 3 rings (SSSR count). The van der Waals surface area contributed by atoms with Crippen molar-refractivity contribution in [1.82, 2.24) is 14.8 Å². The van der Waals surface area contributed by atoms with Gasteiger partial charge in [0.05, 0.1) is 5.56 Å². The van der Waals surface area contributed by atoms with Gasteiger partial charge in [0.2, 0.25) is 0 Å². The van der Waals surface area contributed by atoms with Crippen LogP contribution < -0.4 is 0 Å². The van der Waals surface area contributed by atoms with Crippen LogP contribution in [0.1, 0.15) is 49.4 Å². The molecule has 0 radical (unpaired) electrons. The highest BCUT2D eigenvalue weighted by Gasteiger charge is 2.48. The molecule has 0 bridgehead atoms. The van der Waals surface area contributed by atoms with Gasteiger partial charge >= 0.3 is 0 Å². The van der Waals surface area contributed by atoms with E-state index in [9.17, 15) is 9.59 Å². The van der Waals surface area contributed by atoms with Crippen LogP contribution in [0, 0.1) is 0 Å². The fourth-order valence-corrected chi connectivity index (χ4v) is 3.43. The zero-order valence-corrected chi connectivity index (χ0v) is 14.4.